The molecule has 2 spiro atoms. The number of benzene rings is 1. The lowest BCUT2D eigenvalue weighted by atomic mass is 9.37. The summed E-state index contributed by atoms with van der Waals surface area (Å²) in [6.45, 7) is 2.66. The van der Waals surface area contributed by atoms with Crippen LogP contribution < -0.4 is 4.74 Å². The summed E-state index contributed by atoms with van der Waals surface area (Å²) in [5.74, 6) is 0.762. The van der Waals surface area contributed by atoms with Gasteiger partial charge in [0, 0.05) is 24.1 Å². The first-order chi connectivity index (χ1) is 12.9. The summed E-state index contributed by atoms with van der Waals surface area (Å²) in [5, 5.41) is 10.6. The molecular formula is C22H25NO4. The molecule has 27 heavy (non-hydrogen) atoms. The molecule has 1 aromatic carbocycles. The molecule has 6 aliphatic rings. The van der Waals surface area contributed by atoms with Crippen LogP contribution >= 0.6 is 0 Å². The van der Waals surface area contributed by atoms with Crippen molar-refractivity contribution in [2.75, 3.05) is 20.7 Å². The second kappa shape index (κ2) is 4.58. The third kappa shape index (κ3) is 1.43. The molecule has 4 bridgehead atoms. The Bertz CT molecular complexity index is 925. The Labute approximate surface area is 158 Å². The fourth-order valence-corrected chi connectivity index (χ4v) is 7.52. The Balaban J connectivity index is 1.73. The van der Waals surface area contributed by atoms with E-state index in [1.807, 2.05) is 0 Å². The standard InChI is InChI=1S/C22H25NO4/c1-12(24)14-11-20-6-7-22(14,26-3)19-21(20)8-9-23(2)16(20)10-13-4-5-15(25)18(27-19)17(13)21/h4-7,14,16,19,25H,8-11H2,1-3H3/t14-,16?,19-,20?,21?,22?/m1/s1. The van der Waals surface area contributed by atoms with Crippen molar-refractivity contribution in [2.45, 2.75) is 49.3 Å². The Morgan fingerprint density at radius 3 is 2.93 bits per heavy atom. The number of methoxy groups -OCH3 is 1. The van der Waals surface area contributed by atoms with Crippen LogP contribution in [0.1, 0.15) is 30.9 Å². The Kier molecular flexibility index (Phi) is 2.74. The van der Waals surface area contributed by atoms with Crippen molar-refractivity contribution in [1.29, 1.82) is 0 Å². The van der Waals surface area contributed by atoms with E-state index in [1.165, 1.54) is 11.1 Å². The highest BCUT2D eigenvalue weighted by atomic mass is 16.6. The maximum Gasteiger partial charge on any atom is 0.165 e. The number of ether oxygens (including phenoxy) is 2. The number of piperidine rings is 1. The molecule has 142 valence electrons. The lowest BCUT2D eigenvalue weighted by Crippen LogP contribution is -2.79. The fourth-order valence-electron chi connectivity index (χ4n) is 7.52. The molecule has 0 amide bonds. The van der Waals surface area contributed by atoms with Crippen molar-refractivity contribution in [3.63, 3.8) is 0 Å². The molecule has 0 radical (unpaired) electrons. The number of phenolic OH excluding ortho intramolecular Hbond substituents is 1. The van der Waals surface area contributed by atoms with E-state index >= 15 is 0 Å². The second-order valence-electron chi connectivity index (χ2n) is 9.17. The lowest BCUT2D eigenvalue weighted by molar-refractivity contribution is -0.212. The van der Waals surface area contributed by atoms with Crippen LogP contribution in [0.2, 0.25) is 0 Å². The topological polar surface area (TPSA) is 59.0 Å². The largest absolute Gasteiger partial charge is 0.504 e. The molecule has 5 heteroatoms. The van der Waals surface area contributed by atoms with Gasteiger partial charge in [-0.1, -0.05) is 18.2 Å². The van der Waals surface area contributed by atoms with E-state index < -0.39 is 5.60 Å². The van der Waals surface area contributed by atoms with Gasteiger partial charge in [-0.3, -0.25) is 4.79 Å². The number of rotatable bonds is 2. The fraction of sp³-hybridized carbons (Fsp3) is 0.591. The molecule has 1 saturated carbocycles. The summed E-state index contributed by atoms with van der Waals surface area (Å²) < 4.78 is 12.7. The van der Waals surface area contributed by atoms with Gasteiger partial charge in [-0.15, -0.1) is 0 Å². The van der Waals surface area contributed by atoms with Crippen LogP contribution in [0.4, 0.5) is 0 Å². The van der Waals surface area contributed by atoms with Gasteiger partial charge in [-0.05, 0) is 51.4 Å². The average molecular weight is 367 g/mol. The Morgan fingerprint density at radius 2 is 2.19 bits per heavy atom. The number of likely N-dealkylation sites (N-methyl/N-ethyl adjacent to an activating group) is 1. The van der Waals surface area contributed by atoms with Gasteiger partial charge in [0.2, 0.25) is 0 Å². The predicted octanol–water partition coefficient (Wildman–Crippen LogP) is 2.20. The molecule has 6 atom stereocenters. The van der Waals surface area contributed by atoms with Crippen molar-refractivity contribution in [2.24, 2.45) is 11.3 Å². The molecule has 2 aliphatic heterocycles. The van der Waals surface area contributed by atoms with E-state index in [0.717, 1.165) is 25.8 Å². The maximum absolute atomic E-state index is 12.7. The van der Waals surface area contributed by atoms with Crippen molar-refractivity contribution < 1.29 is 19.4 Å². The molecule has 4 aliphatic carbocycles. The van der Waals surface area contributed by atoms with Crippen LogP contribution in [0.3, 0.4) is 0 Å². The number of hydrogen-bond acceptors (Lipinski definition) is 5. The van der Waals surface area contributed by atoms with Gasteiger partial charge in [0.15, 0.2) is 11.5 Å². The van der Waals surface area contributed by atoms with E-state index in [0.29, 0.717) is 11.8 Å². The number of fused-ring (bicyclic) bond motifs is 1. The van der Waals surface area contributed by atoms with Crippen molar-refractivity contribution in [3.05, 3.63) is 35.4 Å². The summed E-state index contributed by atoms with van der Waals surface area (Å²) in [5.41, 5.74) is 1.30. The molecule has 1 saturated heterocycles. The number of ketones is 1. The first-order valence-electron chi connectivity index (χ1n) is 9.89. The first-order valence-corrected chi connectivity index (χ1v) is 9.89. The number of carbonyl (C=O) groups is 1. The molecule has 0 aromatic heterocycles. The molecule has 5 nitrogen and oxygen atoms in total. The number of aromatic hydroxyl groups is 1. The zero-order valence-corrected chi connectivity index (χ0v) is 16.0. The molecule has 1 N–H and O–H groups in total. The summed E-state index contributed by atoms with van der Waals surface area (Å²) in [7, 11) is 3.89. The predicted molar refractivity (Wildman–Crippen MR) is 99.0 cm³/mol. The van der Waals surface area contributed by atoms with E-state index in [1.54, 1.807) is 20.1 Å². The van der Waals surface area contributed by atoms with E-state index in [4.69, 9.17) is 9.47 Å². The molecule has 7 rings (SSSR count). The van der Waals surface area contributed by atoms with E-state index in [9.17, 15) is 9.90 Å². The number of carbonyl (C=O) groups excluding carboxylic acids is 1. The van der Waals surface area contributed by atoms with Crippen LogP contribution in [-0.2, 0) is 21.4 Å². The normalized spacial score (nSPS) is 45.5. The smallest absolute Gasteiger partial charge is 0.165 e. The Hall–Kier alpha value is -1.85. The van der Waals surface area contributed by atoms with Crippen LogP contribution in [0.15, 0.2) is 24.3 Å². The third-order valence-corrected chi connectivity index (χ3v) is 8.56. The molecule has 2 heterocycles. The third-order valence-electron chi connectivity index (χ3n) is 8.56. The van der Waals surface area contributed by atoms with Gasteiger partial charge in [0.25, 0.3) is 0 Å². The molecular weight excluding hydrogens is 342 g/mol. The number of hydrogen-bond donors (Lipinski definition) is 1. The van der Waals surface area contributed by atoms with Crippen LogP contribution in [-0.4, -0.2) is 54.2 Å². The zero-order chi connectivity index (χ0) is 18.8. The summed E-state index contributed by atoms with van der Waals surface area (Å²) in [6, 6.07) is 4.15. The SMILES string of the molecule is COC12C=CC3(C[C@@H]1C(C)=O)C1Cc4ccc(O)c5c4C3(CCN1C)[C@H]2O5. The highest BCUT2D eigenvalue weighted by molar-refractivity contribution is 5.82. The van der Waals surface area contributed by atoms with Gasteiger partial charge in [0.1, 0.15) is 17.5 Å². The number of nitrogens with zero attached hydrogens (tertiary/aromatic N) is 1. The highest BCUT2D eigenvalue weighted by Gasteiger charge is 2.79. The summed E-state index contributed by atoms with van der Waals surface area (Å²) in [6.07, 6.45) is 6.85. The molecule has 1 aromatic rings. The molecule has 2 fully saturated rings. The van der Waals surface area contributed by atoms with Crippen LogP contribution in [0, 0.1) is 11.3 Å². The van der Waals surface area contributed by atoms with Crippen LogP contribution in [0.25, 0.3) is 0 Å². The molecule has 4 unspecified atom stereocenters. The van der Waals surface area contributed by atoms with Crippen LogP contribution in [0.5, 0.6) is 11.5 Å². The van der Waals surface area contributed by atoms with Gasteiger partial charge >= 0.3 is 0 Å². The van der Waals surface area contributed by atoms with Crippen molar-refractivity contribution in [1.82, 2.24) is 4.90 Å². The second-order valence-corrected chi connectivity index (χ2v) is 9.17. The monoisotopic (exact) mass is 367 g/mol. The minimum absolute atomic E-state index is 0.158. The number of Topliss-reactive ketones (excluding diaryl/α,β-unsaturated/α-hetero) is 1. The van der Waals surface area contributed by atoms with Crippen molar-refractivity contribution in [3.8, 4) is 11.5 Å². The average Bonchev–Trinajstić information content (AvgIpc) is 3.03. The van der Waals surface area contributed by atoms with Crippen molar-refractivity contribution >= 4 is 5.78 Å². The summed E-state index contributed by atoms with van der Waals surface area (Å²) >= 11 is 0. The highest BCUT2D eigenvalue weighted by Crippen LogP contribution is 2.74. The van der Waals surface area contributed by atoms with E-state index in [-0.39, 0.29) is 34.4 Å². The van der Waals surface area contributed by atoms with Gasteiger partial charge in [-0.25, -0.2) is 0 Å². The van der Waals surface area contributed by atoms with Gasteiger partial charge in [0.05, 0.1) is 11.3 Å². The van der Waals surface area contributed by atoms with Gasteiger partial charge < -0.3 is 19.5 Å². The zero-order valence-electron chi connectivity index (χ0n) is 16.0. The lowest BCUT2D eigenvalue weighted by Gasteiger charge is -2.70. The first kappa shape index (κ1) is 16.1. The minimum atomic E-state index is -0.770. The van der Waals surface area contributed by atoms with E-state index in [2.05, 4.69) is 30.2 Å². The quantitative estimate of drug-likeness (QED) is 0.812. The number of likely N-dealkylation sites (tertiary alicyclic amines) is 1. The number of phenols is 1. The Morgan fingerprint density at radius 1 is 1.37 bits per heavy atom. The maximum atomic E-state index is 12.7. The van der Waals surface area contributed by atoms with Gasteiger partial charge in [-0.2, -0.15) is 0 Å². The minimum Gasteiger partial charge on any atom is -0.504 e. The summed E-state index contributed by atoms with van der Waals surface area (Å²) in [4.78, 5) is 15.2.